The Kier molecular flexibility index (Phi) is 6.75. The maximum atomic E-state index is 11.3. The second-order valence-electron chi connectivity index (χ2n) is 9.29. The number of pyridine rings is 1. The van der Waals surface area contributed by atoms with Gasteiger partial charge in [0.25, 0.3) is 0 Å². The van der Waals surface area contributed by atoms with E-state index in [1.54, 1.807) is 6.20 Å². The first-order valence-electron chi connectivity index (χ1n) is 11.6. The lowest BCUT2D eigenvalue weighted by atomic mass is 9.80. The number of aromatic amines is 1. The number of aryl methyl sites for hydroxylation is 1. The molecule has 0 spiro atoms. The first kappa shape index (κ1) is 23.3. The average molecular weight is 466 g/mol. The minimum atomic E-state index is -0.0877. The van der Waals surface area contributed by atoms with Crippen molar-refractivity contribution in [2.24, 2.45) is 29.4 Å². The summed E-state index contributed by atoms with van der Waals surface area (Å²) in [7, 11) is 4.03. The number of carbonyl (C=O) groups is 1. The van der Waals surface area contributed by atoms with E-state index >= 15 is 0 Å². The van der Waals surface area contributed by atoms with Crippen LogP contribution in [0.5, 0.6) is 0 Å². The quantitative estimate of drug-likeness (QED) is 0.496. The Bertz CT molecular complexity index is 1180. The number of fused-ring (bicyclic) bond motifs is 3. The molecule has 1 fully saturated rings. The number of nitrogens with zero attached hydrogens (tertiary/aromatic N) is 3. The molecule has 6 nitrogen and oxygen atoms in total. The number of halogens is 1. The molecule has 1 saturated carbocycles. The van der Waals surface area contributed by atoms with Crippen molar-refractivity contribution in [3.05, 3.63) is 53.2 Å². The van der Waals surface area contributed by atoms with Gasteiger partial charge in [-0.3, -0.25) is 4.79 Å². The van der Waals surface area contributed by atoms with Crippen molar-refractivity contribution in [1.82, 2.24) is 15.0 Å². The predicted octanol–water partition coefficient (Wildman–Crippen LogP) is 5.36. The van der Waals surface area contributed by atoms with Gasteiger partial charge in [-0.15, -0.1) is 0 Å². The number of nitrogens with two attached hydrogens (primary N) is 1. The normalized spacial score (nSPS) is 22.9. The van der Waals surface area contributed by atoms with Crippen LogP contribution in [0.2, 0.25) is 5.02 Å². The minimum Gasteiger partial charge on any atom is -0.378 e. The average Bonchev–Trinajstić information content (AvgIpc) is 3.52. The number of rotatable bonds is 5. The number of benzene rings is 1. The van der Waals surface area contributed by atoms with E-state index in [-0.39, 0.29) is 11.8 Å². The van der Waals surface area contributed by atoms with Crippen LogP contribution < -0.4 is 10.6 Å². The number of allylic oxidation sites excluding steroid dienone is 2. The molecule has 0 saturated heterocycles. The molecule has 4 atom stereocenters. The first-order chi connectivity index (χ1) is 15.8. The third-order valence-corrected chi connectivity index (χ3v) is 7.31. The van der Waals surface area contributed by atoms with E-state index in [4.69, 9.17) is 17.3 Å². The lowest BCUT2D eigenvalue weighted by Gasteiger charge is -2.24. The van der Waals surface area contributed by atoms with E-state index in [1.165, 1.54) is 0 Å². The van der Waals surface area contributed by atoms with Gasteiger partial charge in [0.15, 0.2) is 5.65 Å². The van der Waals surface area contributed by atoms with Crippen molar-refractivity contribution in [3.8, 4) is 11.4 Å². The van der Waals surface area contributed by atoms with E-state index < -0.39 is 0 Å². The highest BCUT2D eigenvalue weighted by Gasteiger charge is 2.46. The smallest absolute Gasteiger partial charge is 0.221 e. The molecule has 1 aromatic carbocycles. The van der Waals surface area contributed by atoms with Crippen LogP contribution in [0.25, 0.3) is 22.6 Å². The number of nitrogens with one attached hydrogen (secondary N) is 1. The summed E-state index contributed by atoms with van der Waals surface area (Å²) in [5.41, 5.74) is 10.1. The summed E-state index contributed by atoms with van der Waals surface area (Å²) < 4.78 is 0. The van der Waals surface area contributed by atoms with Gasteiger partial charge in [-0.2, -0.15) is 0 Å². The Hall–Kier alpha value is -2.86. The number of hydrogen-bond donors (Lipinski definition) is 2. The molecule has 174 valence electrons. The van der Waals surface area contributed by atoms with E-state index in [9.17, 15) is 4.79 Å². The van der Waals surface area contributed by atoms with Gasteiger partial charge >= 0.3 is 0 Å². The second kappa shape index (κ2) is 9.56. The number of anilines is 1. The van der Waals surface area contributed by atoms with Crippen molar-refractivity contribution in [1.29, 1.82) is 0 Å². The van der Waals surface area contributed by atoms with Gasteiger partial charge in [0.2, 0.25) is 5.91 Å². The molecule has 1 amide bonds. The van der Waals surface area contributed by atoms with E-state index in [0.717, 1.165) is 47.4 Å². The van der Waals surface area contributed by atoms with Crippen LogP contribution in [0, 0.1) is 30.6 Å². The fourth-order valence-electron chi connectivity index (χ4n) is 5.19. The van der Waals surface area contributed by atoms with E-state index in [0.29, 0.717) is 28.4 Å². The van der Waals surface area contributed by atoms with Crippen molar-refractivity contribution in [2.75, 3.05) is 19.0 Å². The Morgan fingerprint density at radius 3 is 2.73 bits per heavy atom. The Balaban J connectivity index is 0.000000172. The molecule has 0 aliphatic heterocycles. The van der Waals surface area contributed by atoms with Crippen LogP contribution in [0.1, 0.15) is 31.7 Å². The summed E-state index contributed by atoms with van der Waals surface area (Å²) in [6.07, 6.45) is 9.58. The lowest BCUT2D eigenvalue weighted by molar-refractivity contribution is -0.124. The van der Waals surface area contributed by atoms with Crippen molar-refractivity contribution >= 4 is 34.4 Å². The zero-order chi connectivity index (χ0) is 23.7. The van der Waals surface area contributed by atoms with Gasteiger partial charge in [-0.25, -0.2) is 9.97 Å². The summed E-state index contributed by atoms with van der Waals surface area (Å²) in [4.78, 5) is 25.4. The number of primary amides is 1. The van der Waals surface area contributed by atoms with Gasteiger partial charge in [0, 0.05) is 37.5 Å². The lowest BCUT2D eigenvalue weighted by Crippen LogP contribution is -2.32. The molecule has 2 aromatic heterocycles. The highest BCUT2D eigenvalue weighted by molar-refractivity contribution is 6.31. The van der Waals surface area contributed by atoms with Gasteiger partial charge in [0.1, 0.15) is 5.82 Å². The molecule has 3 N–H and O–H groups in total. The van der Waals surface area contributed by atoms with Crippen LogP contribution in [0.4, 0.5) is 5.69 Å². The number of hydrogen-bond acceptors (Lipinski definition) is 4. The second-order valence-corrected chi connectivity index (χ2v) is 9.70. The number of imidazole rings is 1. The summed E-state index contributed by atoms with van der Waals surface area (Å²) >= 11 is 6.09. The standard InChI is InChI=1S/C15H15ClN4.C11H17NO/c1-9-12(16)8-17-15-13(9)18-14(19-15)10-5-4-6-11(7-10)20(2)3;1-2-3-9-7-4-5-8(6-7)10(9)11(12)13/h4-8H,1-3H3,(H,17,18,19);4-5,7-10H,2-3,6H2,1H3,(H2,12,13). The van der Waals surface area contributed by atoms with Crippen LogP contribution >= 0.6 is 11.6 Å². The summed E-state index contributed by atoms with van der Waals surface area (Å²) in [6.45, 7) is 4.14. The molecule has 2 bridgehead atoms. The molecular weight excluding hydrogens is 434 g/mol. The highest BCUT2D eigenvalue weighted by atomic mass is 35.5. The molecule has 33 heavy (non-hydrogen) atoms. The van der Waals surface area contributed by atoms with Crippen LogP contribution in [-0.2, 0) is 4.79 Å². The molecule has 3 aromatic rings. The largest absolute Gasteiger partial charge is 0.378 e. The van der Waals surface area contributed by atoms with Gasteiger partial charge in [-0.1, -0.05) is 49.2 Å². The van der Waals surface area contributed by atoms with Crippen molar-refractivity contribution in [3.63, 3.8) is 0 Å². The third kappa shape index (κ3) is 4.62. The van der Waals surface area contributed by atoms with Gasteiger partial charge < -0.3 is 15.6 Å². The molecular formula is C26H32ClN5O. The number of aromatic nitrogens is 3. The molecule has 2 aliphatic rings. The Labute approximate surface area is 200 Å². The molecule has 4 unspecified atom stereocenters. The Morgan fingerprint density at radius 1 is 1.27 bits per heavy atom. The minimum absolute atomic E-state index is 0.0877. The number of amides is 1. The monoisotopic (exact) mass is 465 g/mol. The van der Waals surface area contributed by atoms with Gasteiger partial charge in [0.05, 0.1) is 10.5 Å². The molecule has 5 rings (SSSR count). The van der Waals surface area contributed by atoms with E-state index in [2.05, 4.69) is 51.1 Å². The fraction of sp³-hybridized carbons (Fsp3) is 0.423. The van der Waals surface area contributed by atoms with Crippen LogP contribution in [-0.4, -0.2) is 35.0 Å². The fourth-order valence-corrected chi connectivity index (χ4v) is 5.34. The van der Waals surface area contributed by atoms with Crippen molar-refractivity contribution < 1.29 is 4.79 Å². The zero-order valence-electron chi connectivity index (χ0n) is 19.7. The summed E-state index contributed by atoms with van der Waals surface area (Å²) in [5, 5.41) is 0.648. The van der Waals surface area contributed by atoms with E-state index in [1.807, 2.05) is 33.2 Å². The topological polar surface area (TPSA) is 87.9 Å². The molecule has 2 heterocycles. The third-order valence-electron chi connectivity index (χ3n) is 6.93. The molecule has 2 aliphatic carbocycles. The van der Waals surface area contributed by atoms with Gasteiger partial charge in [-0.05, 0) is 55.2 Å². The van der Waals surface area contributed by atoms with Crippen LogP contribution in [0.3, 0.4) is 0 Å². The zero-order valence-corrected chi connectivity index (χ0v) is 20.4. The highest BCUT2D eigenvalue weighted by Crippen LogP contribution is 2.49. The SMILES string of the molecule is CCCC1C2C=CC(C2)C1C(N)=O.Cc1c(Cl)cnc2nc(-c3cccc(N(C)C)c3)[nH]c12. The summed E-state index contributed by atoms with van der Waals surface area (Å²) in [5.74, 6) is 2.49. The maximum absolute atomic E-state index is 11.3. The number of H-pyrrole nitrogens is 1. The summed E-state index contributed by atoms with van der Waals surface area (Å²) in [6, 6.07) is 8.20. The van der Waals surface area contributed by atoms with Crippen LogP contribution in [0.15, 0.2) is 42.6 Å². The predicted molar refractivity (Wildman–Crippen MR) is 135 cm³/mol. The number of carbonyl (C=O) groups excluding carboxylic acids is 1. The molecule has 7 heteroatoms. The van der Waals surface area contributed by atoms with Crippen molar-refractivity contribution in [2.45, 2.75) is 33.1 Å². The Morgan fingerprint density at radius 2 is 2.03 bits per heavy atom. The maximum Gasteiger partial charge on any atom is 0.221 e. The molecule has 0 radical (unpaired) electrons. The first-order valence-corrected chi connectivity index (χ1v) is 11.9.